The summed E-state index contributed by atoms with van der Waals surface area (Å²) in [5.41, 5.74) is 1.94. The van der Waals surface area contributed by atoms with Gasteiger partial charge in [-0.25, -0.2) is 9.18 Å². The Kier molecular flexibility index (Phi) is 2.52. The number of nitrogens with one attached hydrogen (secondary N) is 2. The molecule has 0 fully saturated rings. The maximum absolute atomic E-state index is 13.9. The van der Waals surface area contributed by atoms with E-state index in [2.05, 4.69) is 9.97 Å². The van der Waals surface area contributed by atoms with Gasteiger partial charge in [-0.05, 0) is 23.8 Å². The second-order valence-electron chi connectivity index (χ2n) is 4.16. The van der Waals surface area contributed by atoms with Gasteiger partial charge in [-0.2, -0.15) is 0 Å². The molecule has 0 radical (unpaired) electrons. The summed E-state index contributed by atoms with van der Waals surface area (Å²) in [4.78, 5) is 27.4. The second-order valence-corrected chi connectivity index (χ2v) is 4.16. The lowest BCUT2D eigenvalue weighted by Gasteiger charge is -2.06. The van der Waals surface area contributed by atoms with Crippen LogP contribution >= 0.6 is 0 Å². The maximum Gasteiger partial charge on any atom is 0.323 e. The van der Waals surface area contributed by atoms with Gasteiger partial charge < -0.3 is 9.97 Å². The number of carbonyl (C=O) groups excluding carboxylic acids is 1. The van der Waals surface area contributed by atoms with E-state index in [1.165, 1.54) is 12.1 Å². The molecule has 0 bridgehead atoms. The summed E-state index contributed by atoms with van der Waals surface area (Å²) >= 11 is 0. The highest BCUT2D eigenvalue weighted by atomic mass is 19.1. The Hall–Kier alpha value is -2.69. The van der Waals surface area contributed by atoms with Gasteiger partial charge >= 0.3 is 5.69 Å². The van der Waals surface area contributed by atoms with Gasteiger partial charge in [0.05, 0.1) is 11.0 Å². The minimum absolute atomic E-state index is 0.237. The molecule has 0 atom stereocenters. The Labute approximate surface area is 106 Å². The number of aromatic amines is 2. The van der Waals surface area contributed by atoms with Crippen LogP contribution in [0, 0.1) is 5.82 Å². The average molecular weight is 256 g/mol. The molecule has 4 nitrogen and oxygen atoms in total. The molecule has 94 valence electrons. The number of H-pyrrole nitrogens is 2. The Balaban J connectivity index is 2.29. The molecular formula is C14H9FN2O2. The summed E-state index contributed by atoms with van der Waals surface area (Å²) in [5.74, 6) is -0.471. The fourth-order valence-corrected chi connectivity index (χ4v) is 2.13. The van der Waals surface area contributed by atoms with E-state index >= 15 is 0 Å². The number of imidazole rings is 1. The molecule has 2 aromatic carbocycles. The molecule has 0 aliphatic rings. The minimum atomic E-state index is -0.471. The fraction of sp³-hybridized carbons (Fsp3) is 0. The van der Waals surface area contributed by atoms with Crippen molar-refractivity contribution in [2.45, 2.75) is 0 Å². The van der Waals surface area contributed by atoms with Crippen molar-refractivity contribution in [1.82, 2.24) is 9.97 Å². The number of halogens is 1. The van der Waals surface area contributed by atoms with Gasteiger partial charge in [0.1, 0.15) is 5.82 Å². The summed E-state index contributed by atoms with van der Waals surface area (Å²) in [6.07, 6.45) is 0.614. The molecular weight excluding hydrogens is 247 g/mol. The van der Waals surface area contributed by atoms with Gasteiger partial charge in [0.15, 0.2) is 6.29 Å². The van der Waals surface area contributed by atoms with Crippen LogP contribution in [0.2, 0.25) is 0 Å². The van der Waals surface area contributed by atoms with Crippen molar-refractivity contribution in [2.75, 3.05) is 0 Å². The van der Waals surface area contributed by atoms with Crippen molar-refractivity contribution >= 4 is 17.3 Å². The predicted molar refractivity (Wildman–Crippen MR) is 69.7 cm³/mol. The van der Waals surface area contributed by atoms with Crippen LogP contribution in [-0.2, 0) is 0 Å². The molecule has 2 N–H and O–H groups in total. The summed E-state index contributed by atoms with van der Waals surface area (Å²) < 4.78 is 13.9. The van der Waals surface area contributed by atoms with Crippen molar-refractivity contribution in [3.63, 3.8) is 0 Å². The third-order valence-electron chi connectivity index (χ3n) is 2.98. The van der Waals surface area contributed by atoms with Crippen LogP contribution in [0.5, 0.6) is 0 Å². The molecule has 3 rings (SSSR count). The number of aldehydes is 1. The SMILES string of the molecule is O=Cc1cccc(F)c1-c1ccc2[nH]c(=O)[nH]c2c1. The van der Waals surface area contributed by atoms with Crippen LogP contribution in [0.25, 0.3) is 22.2 Å². The molecule has 1 aromatic heterocycles. The number of carbonyl (C=O) groups is 1. The maximum atomic E-state index is 13.9. The lowest BCUT2D eigenvalue weighted by Crippen LogP contribution is -1.99. The molecule has 0 unspecified atom stereocenters. The zero-order valence-corrected chi connectivity index (χ0v) is 9.74. The van der Waals surface area contributed by atoms with Crippen molar-refractivity contribution in [2.24, 2.45) is 0 Å². The molecule has 0 aliphatic heterocycles. The Morgan fingerprint density at radius 2 is 1.84 bits per heavy atom. The average Bonchev–Trinajstić information content (AvgIpc) is 2.77. The highest BCUT2D eigenvalue weighted by Crippen LogP contribution is 2.27. The standard InChI is InChI=1S/C14H9FN2O2/c15-10-3-1-2-9(7-18)13(10)8-4-5-11-12(6-8)17-14(19)16-11/h1-7H,(H2,16,17,19). The van der Waals surface area contributed by atoms with E-state index in [1.807, 2.05) is 0 Å². The lowest BCUT2D eigenvalue weighted by atomic mass is 9.99. The van der Waals surface area contributed by atoms with E-state index < -0.39 is 5.82 Å². The molecule has 3 aromatic rings. The minimum Gasteiger partial charge on any atom is -0.306 e. The summed E-state index contributed by atoms with van der Waals surface area (Å²) in [5, 5.41) is 0. The van der Waals surface area contributed by atoms with Crippen LogP contribution in [0.15, 0.2) is 41.2 Å². The first-order valence-electron chi connectivity index (χ1n) is 5.65. The molecule has 0 aliphatic carbocycles. The topological polar surface area (TPSA) is 65.7 Å². The van der Waals surface area contributed by atoms with E-state index in [1.54, 1.807) is 24.3 Å². The highest BCUT2D eigenvalue weighted by Gasteiger charge is 2.11. The fourth-order valence-electron chi connectivity index (χ4n) is 2.13. The van der Waals surface area contributed by atoms with E-state index in [0.717, 1.165) is 0 Å². The van der Waals surface area contributed by atoms with E-state index in [0.29, 0.717) is 22.9 Å². The summed E-state index contributed by atoms with van der Waals surface area (Å²) in [7, 11) is 0. The third-order valence-corrected chi connectivity index (χ3v) is 2.98. The van der Waals surface area contributed by atoms with Crippen LogP contribution in [0.1, 0.15) is 10.4 Å². The summed E-state index contributed by atoms with van der Waals surface area (Å²) in [6.45, 7) is 0. The molecule has 0 saturated heterocycles. The number of hydrogen-bond donors (Lipinski definition) is 2. The first-order valence-corrected chi connectivity index (χ1v) is 5.65. The normalized spacial score (nSPS) is 10.8. The van der Waals surface area contributed by atoms with Gasteiger partial charge in [-0.1, -0.05) is 18.2 Å². The number of fused-ring (bicyclic) bond motifs is 1. The monoisotopic (exact) mass is 256 g/mol. The quantitative estimate of drug-likeness (QED) is 0.692. The van der Waals surface area contributed by atoms with Crippen molar-refractivity contribution in [3.05, 3.63) is 58.3 Å². The second kappa shape index (κ2) is 4.20. The number of hydrogen-bond acceptors (Lipinski definition) is 2. The van der Waals surface area contributed by atoms with Gasteiger partial charge in [0, 0.05) is 11.1 Å². The number of benzene rings is 2. The Morgan fingerprint density at radius 1 is 1.05 bits per heavy atom. The van der Waals surface area contributed by atoms with Crippen LogP contribution < -0.4 is 5.69 Å². The van der Waals surface area contributed by atoms with Gasteiger partial charge in [-0.3, -0.25) is 4.79 Å². The highest BCUT2D eigenvalue weighted by molar-refractivity contribution is 5.90. The van der Waals surface area contributed by atoms with E-state index in [9.17, 15) is 14.0 Å². The smallest absolute Gasteiger partial charge is 0.306 e. The van der Waals surface area contributed by atoms with E-state index in [4.69, 9.17) is 0 Å². The van der Waals surface area contributed by atoms with Crippen molar-refractivity contribution in [1.29, 1.82) is 0 Å². The van der Waals surface area contributed by atoms with Gasteiger partial charge in [0.25, 0.3) is 0 Å². The van der Waals surface area contributed by atoms with Gasteiger partial charge in [0.2, 0.25) is 0 Å². The third kappa shape index (κ3) is 1.85. The predicted octanol–water partition coefficient (Wildman–Crippen LogP) is 2.47. The Bertz CT molecular complexity index is 833. The molecule has 5 heteroatoms. The van der Waals surface area contributed by atoms with Crippen molar-refractivity contribution < 1.29 is 9.18 Å². The number of rotatable bonds is 2. The van der Waals surface area contributed by atoms with E-state index in [-0.39, 0.29) is 16.8 Å². The summed E-state index contributed by atoms with van der Waals surface area (Å²) in [6, 6.07) is 9.31. The molecule has 0 amide bonds. The zero-order valence-electron chi connectivity index (χ0n) is 9.74. The van der Waals surface area contributed by atoms with Crippen LogP contribution in [0.4, 0.5) is 4.39 Å². The zero-order chi connectivity index (χ0) is 13.4. The molecule has 1 heterocycles. The van der Waals surface area contributed by atoms with Crippen LogP contribution in [-0.4, -0.2) is 16.3 Å². The first kappa shape index (κ1) is 11.4. The molecule has 0 saturated carbocycles. The van der Waals surface area contributed by atoms with Crippen molar-refractivity contribution in [3.8, 4) is 11.1 Å². The van der Waals surface area contributed by atoms with Crippen LogP contribution in [0.3, 0.4) is 0 Å². The number of aromatic nitrogens is 2. The Morgan fingerprint density at radius 3 is 2.63 bits per heavy atom. The van der Waals surface area contributed by atoms with Gasteiger partial charge in [-0.15, -0.1) is 0 Å². The first-order chi connectivity index (χ1) is 9.19. The largest absolute Gasteiger partial charge is 0.323 e. The molecule has 0 spiro atoms. The lowest BCUT2D eigenvalue weighted by molar-refractivity contribution is 0.112. The molecule has 19 heavy (non-hydrogen) atoms.